The van der Waals surface area contributed by atoms with Gasteiger partial charge in [0.1, 0.15) is 12.4 Å². The van der Waals surface area contributed by atoms with E-state index < -0.39 is 28.4 Å². The van der Waals surface area contributed by atoms with Crippen molar-refractivity contribution in [2.75, 3.05) is 10.8 Å². The second-order valence-electron chi connectivity index (χ2n) is 4.20. The van der Waals surface area contributed by atoms with Gasteiger partial charge in [0.15, 0.2) is 0 Å². The molecule has 0 spiro atoms. The molecule has 7 heteroatoms. The minimum absolute atomic E-state index is 0.0405. The van der Waals surface area contributed by atoms with Crippen LogP contribution in [0.15, 0.2) is 59.5 Å². The standard InChI is InChI=1S/C14H12FNO4S/c15-11-5-4-6-12(9-11)16(10-14(17)18)21(19,20)13-7-2-1-3-8-13/h1-9H,10H2,(H,17,18). The van der Waals surface area contributed by atoms with E-state index in [0.29, 0.717) is 4.31 Å². The van der Waals surface area contributed by atoms with Gasteiger partial charge in [0.2, 0.25) is 0 Å². The van der Waals surface area contributed by atoms with E-state index in [-0.39, 0.29) is 10.6 Å². The van der Waals surface area contributed by atoms with Gasteiger partial charge in [-0.05, 0) is 30.3 Å². The number of benzene rings is 2. The van der Waals surface area contributed by atoms with E-state index in [0.717, 1.165) is 12.1 Å². The average Bonchev–Trinajstić information content (AvgIpc) is 2.45. The highest BCUT2D eigenvalue weighted by Crippen LogP contribution is 2.23. The summed E-state index contributed by atoms with van der Waals surface area (Å²) in [4.78, 5) is 10.9. The van der Waals surface area contributed by atoms with Gasteiger partial charge in [0, 0.05) is 0 Å². The van der Waals surface area contributed by atoms with Crippen LogP contribution < -0.4 is 4.31 Å². The Balaban J connectivity index is 2.53. The lowest BCUT2D eigenvalue weighted by Gasteiger charge is -2.22. The van der Waals surface area contributed by atoms with Crippen LogP contribution in [-0.2, 0) is 14.8 Å². The first-order valence-corrected chi connectivity index (χ1v) is 7.40. The number of carboxylic acid groups (broad SMARTS) is 1. The molecule has 5 nitrogen and oxygen atoms in total. The zero-order chi connectivity index (χ0) is 15.5. The molecule has 0 atom stereocenters. The molecule has 1 N–H and O–H groups in total. The molecule has 0 aliphatic heterocycles. The summed E-state index contributed by atoms with van der Waals surface area (Å²) in [6.07, 6.45) is 0. The molecule has 0 heterocycles. The Labute approximate surface area is 121 Å². The van der Waals surface area contributed by atoms with Crippen LogP contribution in [0.5, 0.6) is 0 Å². The van der Waals surface area contributed by atoms with E-state index in [9.17, 15) is 17.6 Å². The van der Waals surface area contributed by atoms with Crippen LogP contribution in [0.2, 0.25) is 0 Å². The molecule has 0 aliphatic rings. The van der Waals surface area contributed by atoms with E-state index in [4.69, 9.17) is 5.11 Å². The molecule has 21 heavy (non-hydrogen) atoms. The lowest BCUT2D eigenvalue weighted by molar-refractivity contribution is -0.135. The number of anilines is 1. The maximum atomic E-state index is 13.3. The van der Waals surface area contributed by atoms with E-state index in [1.807, 2.05) is 0 Å². The Hall–Kier alpha value is -2.41. The molecule has 0 fully saturated rings. The normalized spacial score (nSPS) is 11.1. The van der Waals surface area contributed by atoms with E-state index >= 15 is 0 Å². The number of halogens is 1. The highest BCUT2D eigenvalue weighted by Gasteiger charge is 2.27. The van der Waals surface area contributed by atoms with Crippen LogP contribution in [0, 0.1) is 5.82 Å². The quantitative estimate of drug-likeness (QED) is 0.918. The first-order chi connectivity index (χ1) is 9.91. The molecule has 110 valence electrons. The van der Waals surface area contributed by atoms with Crippen LogP contribution in [0.3, 0.4) is 0 Å². The molecule has 0 saturated heterocycles. The third-order valence-electron chi connectivity index (χ3n) is 2.71. The molecule has 0 unspecified atom stereocenters. The predicted molar refractivity (Wildman–Crippen MR) is 75.0 cm³/mol. The van der Waals surface area contributed by atoms with Gasteiger partial charge in [0.05, 0.1) is 10.6 Å². The number of rotatable bonds is 5. The van der Waals surface area contributed by atoms with Crippen LogP contribution >= 0.6 is 0 Å². The predicted octanol–water partition coefficient (Wildman–Crippen LogP) is 2.11. The van der Waals surface area contributed by atoms with Crippen LogP contribution in [0.1, 0.15) is 0 Å². The van der Waals surface area contributed by atoms with Crippen molar-refractivity contribution in [2.45, 2.75) is 4.90 Å². The summed E-state index contributed by atoms with van der Waals surface area (Å²) >= 11 is 0. The first kappa shape index (κ1) is 15.0. The number of hydrogen-bond donors (Lipinski definition) is 1. The summed E-state index contributed by atoms with van der Waals surface area (Å²) in [6, 6.07) is 12.2. The first-order valence-electron chi connectivity index (χ1n) is 5.96. The fourth-order valence-corrected chi connectivity index (χ4v) is 3.22. The molecule has 2 aromatic rings. The highest BCUT2D eigenvalue weighted by atomic mass is 32.2. The van der Waals surface area contributed by atoms with Crippen molar-refractivity contribution in [2.24, 2.45) is 0 Å². The molecule has 0 aromatic heterocycles. The SMILES string of the molecule is O=C(O)CN(c1cccc(F)c1)S(=O)(=O)c1ccccc1. The van der Waals surface area contributed by atoms with Crippen LogP contribution in [0.4, 0.5) is 10.1 Å². The number of carbonyl (C=O) groups is 1. The van der Waals surface area contributed by atoms with Gasteiger partial charge in [-0.25, -0.2) is 12.8 Å². The number of nitrogens with zero attached hydrogens (tertiary/aromatic N) is 1. The highest BCUT2D eigenvalue weighted by molar-refractivity contribution is 7.92. The van der Waals surface area contributed by atoms with Gasteiger partial charge in [-0.3, -0.25) is 9.10 Å². The lowest BCUT2D eigenvalue weighted by atomic mass is 10.3. The molecule has 0 bridgehead atoms. The van der Waals surface area contributed by atoms with Crippen molar-refractivity contribution in [1.29, 1.82) is 0 Å². The second-order valence-corrected chi connectivity index (χ2v) is 6.06. The molecule has 2 aromatic carbocycles. The zero-order valence-electron chi connectivity index (χ0n) is 10.8. The maximum absolute atomic E-state index is 13.3. The fraction of sp³-hybridized carbons (Fsp3) is 0.0714. The maximum Gasteiger partial charge on any atom is 0.324 e. The summed E-state index contributed by atoms with van der Waals surface area (Å²) in [5, 5.41) is 8.92. The summed E-state index contributed by atoms with van der Waals surface area (Å²) < 4.78 is 39.0. The second kappa shape index (κ2) is 5.92. The van der Waals surface area contributed by atoms with Crippen molar-refractivity contribution in [3.8, 4) is 0 Å². The third kappa shape index (κ3) is 3.38. The lowest BCUT2D eigenvalue weighted by Crippen LogP contribution is -2.35. The summed E-state index contributed by atoms with van der Waals surface area (Å²) in [5.74, 6) is -1.98. The van der Waals surface area contributed by atoms with Crippen molar-refractivity contribution >= 4 is 21.7 Å². The van der Waals surface area contributed by atoms with Gasteiger partial charge >= 0.3 is 5.97 Å². The number of aliphatic carboxylic acids is 1. The smallest absolute Gasteiger partial charge is 0.324 e. The monoisotopic (exact) mass is 309 g/mol. The van der Waals surface area contributed by atoms with Crippen LogP contribution in [0.25, 0.3) is 0 Å². The van der Waals surface area contributed by atoms with E-state index in [1.165, 1.54) is 36.4 Å². The van der Waals surface area contributed by atoms with Crippen molar-refractivity contribution in [1.82, 2.24) is 0 Å². The largest absolute Gasteiger partial charge is 0.480 e. The summed E-state index contributed by atoms with van der Waals surface area (Å²) in [5.41, 5.74) is -0.0405. The Bertz CT molecular complexity index is 747. The number of sulfonamides is 1. The van der Waals surface area contributed by atoms with Gasteiger partial charge in [-0.15, -0.1) is 0 Å². The molecule has 0 radical (unpaired) electrons. The summed E-state index contributed by atoms with van der Waals surface area (Å²) in [7, 11) is -4.08. The molecule has 2 rings (SSSR count). The van der Waals surface area contributed by atoms with Crippen molar-refractivity contribution in [3.05, 3.63) is 60.4 Å². The molecular formula is C14H12FNO4S. The Morgan fingerprint density at radius 1 is 1.10 bits per heavy atom. The van der Waals surface area contributed by atoms with Gasteiger partial charge in [-0.1, -0.05) is 24.3 Å². The number of carboxylic acids is 1. The average molecular weight is 309 g/mol. The summed E-state index contributed by atoms with van der Waals surface area (Å²) in [6.45, 7) is -0.791. The minimum atomic E-state index is -4.08. The Morgan fingerprint density at radius 3 is 2.33 bits per heavy atom. The van der Waals surface area contributed by atoms with Gasteiger partial charge in [-0.2, -0.15) is 0 Å². The van der Waals surface area contributed by atoms with E-state index in [2.05, 4.69) is 0 Å². The van der Waals surface area contributed by atoms with E-state index in [1.54, 1.807) is 6.07 Å². The topological polar surface area (TPSA) is 74.7 Å². The molecule has 0 amide bonds. The van der Waals surface area contributed by atoms with Crippen molar-refractivity contribution < 1.29 is 22.7 Å². The minimum Gasteiger partial charge on any atom is -0.480 e. The van der Waals surface area contributed by atoms with Gasteiger partial charge in [0.25, 0.3) is 10.0 Å². The fourth-order valence-electron chi connectivity index (χ4n) is 1.79. The van der Waals surface area contributed by atoms with Crippen molar-refractivity contribution in [3.63, 3.8) is 0 Å². The zero-order valence-corrected chi connectivity index (χ0v) is 11.6. The molecular weight excluding hydrogens is 297 g/mol. The Kier molecular flexibility index (Phi) is 4.23. The van der Waals surface area contributed by atoms with Crippen LogP contribution in [-0.4, -0.2) is 26.0 Å². The Morgan fingerprint density at radius 2 is 1.76 bits per heavy atom. The molecule has 0 saturated carbocycles. The number of hydrogen-bond acceptors (Lipinski definition) is 3. The molecule has 0 aliphatic carbocycles. The van der Waals surface area contributed by atoms with Gasteiger partial charge < -0.3 is 5.11 Å². The third-order valence-corrected chi connectivity index (χ3v) is 4.49.